The molecule has 2 fully saturated rings. The number of hydrogen-bond acceptors (Lipinski definition) is 8. The summed E-state index contributed by atoms with van der Waals surface area (Å²) in [6, 6.07) is 4.76. The summed E-state index contributed by atoms with van der Waals surface area (Å²) in [7, 11) is 0. The smallest absolute Gasteiger partial charge is 0.251 e. The molecule has 3 aliphatic rings. The SMILES string of the molecule is O=C(CN1CCOCC1)NCC[C@@H]1CC[C@@H](NC(=O)c2ccc3c(c2)OCO3)[C@@H](CO)O1. The summed E-state index contributed by atoms with van der Waals surface area (Å²) in [6.07, 6.45) is 1.52. The predicted molar refractivity (Wildman–Crippen MR) is 114 cm³/mol. The highest BCUT2D eigenvalue weighted by molar-refractivity contribution is 5.95. The molecule has 32 heavy (non-hydrogen) atoms. The Kier molecular flexibility index (Phi) is 7.80. The number of aliphatic hydroxyl groups is 1. The van der Waals surface area contributed by atoms with Gasteiger partial charge in [-0.25, -0.2) is 0 Å². The van der Waals surface area contributed by atoms with Gasteiger partial charge < -0.3 is 34.7 Å². The van der Waals surface area contributed by atoms with Crippen molar-refractivity contribution in [2.75, 3.05) is 52.8 Å². The zero-order valence-corrected chi connectivity index (χ0v) is 18.1. The van der Waals surface area contributed by atoms with Crippen LogP contribution >= 0.6 is 0 Å². The predicted octanol–water partition coefficient (Wildman–Crippen LogP) is -0.108. The maximum atomic E-state index is 12.7. The molecule has 10 nitrogen and oxygen atoms in total. The number of ether oxygens (including phenoxy) is 4. The van der Waals surface area contributed by atoms with Crippen LogP contribution in [-0.4, -0.2) is 92.9 Å². The van der Waals surface area contributed by atoms with Gasteiger partial charge in [-0.3, -0.25) is 14.5 Å². The van der Waals surface area contributed by atoms with Crippen molar-refractivity contribution in [2.24, 2.45) is 0 Å². The summed E-state index contributed by atoms with van der Waals surface area (Å²) in [5.41, 5.74) is 0.469. The van der Waals surface area contributed by atoms with E-state index in [2.05, 4.69) is 15.5 Å². The minimum Gasteiger partial charge on any atom is -0.454 e. The molecule has 3 heterocycles. The van der Waals surface area contributed by atoms with Gasteiger partial charge in [-0.1, -0.05) is 0 Å². The zero-order chi connectivity index (χ0) is 22.3. The molecule has 0 aromatic heterocycles. The van der Waals surface area contributed by atoms with Crippen molar-refractivity contribution >= 4 is 11.8 Å². The van der Waals surface area contributed by atoms with Gasteiger partial charge in [0.1, 0.15) is 6.10 Å². The number of morpholine rings is 1. The summed E-state index contributed by atoms with van der Waals surface area (Å²) >= 11 is 0. The number of nitrogens with zero attached hydrogens (tertiary/aromatic N) is 1. The molecule has 10 heteroatoms. The third-order valence-electron chi connectivity index (χ3n) is 6.01. The van der Waals surface area contributed by atoms with E-state index in [1.165, 1.54) is 0 Å². The van der Waals surface area contributed by atoms with Crippen LogP contribution in [0.4, 0.5) is 0 Å². The molecule has 0 spiro atoms. The van der Waals surface area contributed by atoms with Crippen LogP contribution in [0.2, 0.25) is 0 Å². The quantitative estimate of drug-likeness (QED) is 0.503. The van der Waals surface area contributed by atoms with Crippen LogP contribution in [0.3, 0.4) is 0 Å². The molecule has 3 aliphatic heterocycles. The number of carbonyl (C=O) groups excluding carboxylic acids is 2. The van der Waals surface area contributed by atoms with Crippen LogP contribution in [0.5, 0.6) is 11.5 Å². The van der Waals surface area contributed by atoms with E-state index in [1.54, 1.807) is 18.2 Å². The topological polar surface area (TPSA) is 119 Å². The minimum atomic E-state index is -0.490. The van der Waals surface area contributed by atoms with E-state index < -0.39 is 6.10 Å². The molecule has 4 rings (SSSR count). The highest BCUT2D eigenvalue weighted by Crippen LogP contribution is 2.32. The summed E-state index contributed by atoms with van der Waals surface area (Å²) in [6.45, 7) is 3.73. The lowest BCUT2D eigenvalue weighted by Crippen LogP contribution is -2.51. The lowest BCUT2D eigenvalue weighted by molar-refractivity contribution is -0.123. The normalized spacial score (nSPS) is 25.3. The monoisotopic (exact) mass is 449 g/mol. The number of fused-ring (bicyclic) bond motifs is 1. The second-order valence-electron chi connectivity index (χ2n) is 8.23. The van der Waals surface area contributed by atoms with E-state index >= 15 is 0 Å². The van der Waals surface area contributed by atoms with Gasteiger partial charge in [0.2, 0.25) is 12.7 Å². The Morgan fingerprint density at radius 2 is 1.94 bits per heavy atom. The van der Waals surface area contributed by atoms with Gasteiger partial charge in [0.05, 0.1) is 38.5 Å². The maximum Gasteiger partial charge on any atom is 0.251 e. The summed E-state index contributed by atoms with van der Waals surface area (Å²) in [4.78, 5) is 26.9. The zero-order valence-electron chi connectivity index (χ0n) is 18.1. The van der Waals surface area contributed by atoms with Gasteiger partial charge in [-0.2, -0.15) is 0 Å². The molecule has 176 valence electrons. The fourth-order valence-corrected chi connectivity index (χ4v) is 4.19. The fourth-order valence-electron chi connectivity index (χ4n) is 4.19. The summed E-state index contributed by atoms with van der Waals surface area (Å²) in [5, 5.41) is 15.7. The molecule has 2 amide bonds. The Morgan fingerprint density at radius 1 is 1.12 bits per heavy atom. The molecule has 0 bridgehead atoms. The molecule has 1 aromatic rings. The standard InChI is InChI=1S/C22H31N3O7/c26-13-20-17(24-22(28)15-1-4-18-19(11-15)31-14-30-18)3-2-16(32-20)5-6-23-21(27)12-25-7-9-29-10-8-25/h1,4,11,16-17,20,26H,2-3,5-10,12-14H2,(H,23,27)(H,24,28)/t16-,17+,20+/m0/s1. The number of amides is 2. The second-order valence-corrected chi connectivity index (χ2v) is 8.23. The van der Waals surface area contributed by atoms with E-state index in [4.69, 9.17) is 18.9 Å². The van der Waals surface area contributed by atoms with Crippen molar-refractivity contribution in [1.29, 1.82) is 0 Å². The van der Waals surface area contributed by atoms with Gasteiger partial charge >= 0.3 is 0 Å². The molecule has 0 radical (unpaired) electrons. The average molecular weight is 450 g/mol. The summed E-state index contributed by atoms with van der Waals surface area (Å²) < 4.78 is 21.9. The number of hydrogen-bond donors (Lipinski definition) is 3. The lowest BCUT2D eigenvalue weighted by Gasteiger charge is -2.36. The van der Waals surface area contributed by atoms with Gasteiger partial charge in [0.15, 0.2) is 11.5 Å². The fraction of sp³-hybridized carbons (Fsp3) is 0.636. The van der Waals surface area contributed by atoms with Crippen molar-refractivity contribution in [3.05, 3.63) is 23.8 Å². The average Bonchev–Trinajstić information content (AvgIpc) is 3.28. The highest BCUT2D eigenvalue weighted by atomic mass is 16.7. The van der Waals surface area contributed by atoms with Crippen LogP contribution in [0.25, 0.3) is 0 Å². The highest BCUT2D eigenvalue weighted by Gasteiger charge is 2.32. The maximum absolute atomic E-state index is 12.7. The van der Waals surface area contributed by atoms with Gasteiger partial charge in [-0.05, 0) is 37.5 Å². The van der Waals surface area contributed by atoms with Gasteiger partial charge in [0, 0.05) is 25.2 Å². The van der Waals surface area contributed by atoms with E-state index in [-0.39, 0.29) is 37.4 Å². The van der Waals surface area contributed by atoms with Crippen LogP contribution in [0.1, 0.15) is 29.6 Å². The van der Waals surface area contributed by atoms with Crippen LogP contribution in [0, 0.1) is 0 Å². The van der Waals surface area contributed by atoms with Crippen LogP contribution < -0.4 is 20.1 Å². The molecule has 0 unspecified atom stereocenters. The largest absolute Gasteiger partial charge is 0.454 e. The van der Waals surface area contributed by atoms with Crippen LogP contribution in [0.15, 0.2) is 18.2 Å². The first-order valence-electron chi connectivity index (χ1n) is 11.2. The first-order valence-corrected chi connectivity index (χ1v) is 11.2. The van der Waals surface area contributed by atoms with E-state index in [1.807, 2.05) is 0 Å². The van der Waals surface area contributed by atoms with Crippen LogP contribution in [-0.2, 0) is 14.3 Å². The van der Waals surface area contributed by atoms with E-state index in [0.717, 1.165) is 19.5 Å². The summed E-state index contributed by atoms with van der Waals surface area (Å²) in [5.74, 6) is 0.919. The van der Waals surface area contributed by atoms with Crippen molar-refractivity contribution < 1.29 is 33.6 Å². The van der Waals surface area contributed by atoms with Crippen molar-refractivity contribution in [2.45, 2.75) is 37.5 Å². The van der Waals surface area contributed by atoms with Crippen molar-refractivity contribution in [3.63, 3.8) is 0 Å². The van der Waals surface area contributed by atoms with Crippen molar-refractivity contribution in [3.8, 4) is 11.5 Å². The Morgan fingerprint density at radius 3 is 2.75 bits per heavy atom. The second kappa shape index (κ2) is 11.0. The number of benzene rings is 1. The Labute approximate surface area is 187 Å². The molecule has 2 saturated heterocycles. The third-order valence-corrected chi connectivity index (χ3v) is 6.01. The van der Waals surface area contributed by atoms with Gasteiger partial charge in [-0.15, -0.1) is 0 Å². The molecule has 0 aliphatic carbocycles. The molecule has 1 aromatic carbocycles. The van der Waals surface area contributed by atoms with Gasteiger partial charge in [0.25, 0.3) is 5.91 Å². The third kappa shape index (κ3) is 5.89. The number of carbonyl (C=O) groups is 2. The number of rotatable bonds is 8. The molecule has 0 saturated carbocycles. The Bertz CT molecular complexity index is 800. The van der Waals surface area contributed by atoms with E-state index in [0.29, 0.717) is 56.2 Å². The molecular weight excluding hydrogens is 418 g/mol. The molecular formula is C22H31N3O7. The Balaban J connectivity index is 1.19. The minimum absolute atomic E-state index is 0.00437. The first kappa shape index (κ1) is 22.8. The van der Waals surface area contributed by atoms with E-state index in [9.17, 15) is 14.7 Å². The van der Waals surface area contributed by atoms with Crippen molar-refractivity contribution in [1.82, 2.24) is 15.5 Å². The number of aliphatic hydroxyl groups excluding tert-OH is 1. The Hall–Kier alpha value is -2.40. The molecule has 3 N–H and O–H groups in total. The number of nitrogens with one attached hydrogen (secondary N) is 2. The molecule has 3 atom stereocenters. The lowest BCUT2D eigenvalue weighted by atomic mass is 9.96. The first-order chi connectivity index (χ1) is 15.6.